The van der Waals surface area contributed by atoms with Crippen molar-refractivity contribution in [1.29, 1.82) is 0 Å². The molecule has 0 aliphatic carbocycles. The number of aryl methyl sites for hydroxylation is 1. The van der Waals surface area contributed by atoms with Crippen molar-refractivity contribution in [3.05, 3.63) is 65.9 Å². The molecule has 0 amide bonds. The van der Waals surface area contributed by atoms with Gasteiger partial charge in [0.1, 0.15) is 0 Å². The van der Waals surface area contributed by atoms with Crippen LogP contribution in [0.3, 0.4) is 0 Å². The van der Waals surface area contributed by atoms with Crippen molar-refractivity contribution in [2.24, 2.45) is 0 Å². The molecule has 0 unspecified atom stereocenters. The van der Waals surface area contributed by atoms with E-state index in [1.807, 2.05) is 37.3 Å². The van der Waals surface area contributed by atoms with Gasteiger partial charge in [0.05, 0.1) is 17.0 Å². The predicted octanol–water partition coefficient (Wildman–Crippen LogP) is 3.18. The van der Waals surface area contributed by atoms with Crippen LogP contribution in [-0.4, -0.2) is 29.7 Å². The van der Waals surface area contributed by atoms with E-state index in [-0.39, 0.29) is 30.3 Å². The van der Waals surface area contributed by atoms with Crippen LogP contribution in [0, 0.1) is 6.92 Å². The third-order valence-corrected chi connectivity index (χ3v) is 6.47. The van der Waals surface area contributed by atoms with Crippen molar-refractivity contribution in [2.75, 3.05) is 6.54 Å². The molecular weight excluding hydrogens is 336 g/mol. The van der Waals surface area contributed by atoms with Crippen LogP contribution < -0.4 is 0 Å². The fourth-order valence-electron chi connectivity index (χ4n) is 3.28. The number of benzene rings is 2. The van der Waals surface area contributed by atoms with Crippen molar-refractivity contribution >= 4 is 26.8 Å². The molecular formula is C19H18N2O3S. The molecule has 3 aromatic rings. The summed E-state index contributed by atoms with van der Waals surface area (Å²) in [5.74, 6) is -0.0715. The number of sulfonamides is 1. The van der Waals surface area contributed by atoms with Crippen molar-refractivity contribution in [3.8, 4) is 0 Å². The molecule has 2 heterocycles. The molecule has 4 rings (SSSR count). The Morgan fingerprint density at radius 1 is 1.00 bits per heavy atom. The number of nitrogens with zero attached hydrogens (tertiary/aromatic N) is 2. The van der Waals surface area contributed by atoms with E-state index in [0.717, 1.165) is 16.5 Å². The molecule has 0 atom stereocenters. The topological polar surface area (TPSA) is 59.4 Å². The number of aromatic nitrogens is 1. The molecule has 6 heteroatoms. The Kier molecular flexibility index (Phi) is 3.74. The van der Waals surface area contributed by atoms with Gasteiger partial charge in [-0.15, -0.1) is 0 Å². The maximum atomic E-state index is 13.0. The summed E-state index contributed by atoms with van der Waals surface area (Å²) in [4.78, 5) is 12.8. The Balaban J connectivity index is 1.78. The summed E-state index contributed by atoms with van der Waals surface area (Å²) in [5, 5.41) is 0.945. The SMILES string of the molecule is Cc1ccc(S(=O)(=O)N2CCC(=O)n3c(cc4ccccc43)C2)cc1. The van der Waals surface area contributed by atoms with Crippen molar-refractivity contribution in [2.45, 2.75) is 24.8 Å². The van der Waals surface area contributed by atoms with Crippen LogP contribution in [0.25, 0.3) is 10.9 Å². The van der Waals surface area contributed by atoms with Crippen LogP contribution in [0.4, 0.5) is 0 Å². The highest BCUT2D eigenvalue weighted by molar-refractivity contribution is 7.89. The predicted molar refractivity (Wildman–Crippen MR) is 96.0 cm³/mol. The summed E-state index contributed by atoms with van der Waals surface area (Å²) in [6.07, 6.45) is 0.163. The summed E-state index contributed by atoms with van der Waals surface area (Å²) in [6, 6.07) is 16.3. The lowest BCUT2D eigenvalue weighted by molar-refractivity contribution is 0.0909. The molecule has 5 nitrogen and oxygen atoms in total. The fourth-order valence-corrected chi connectivity index (χ4v) is 4.69. The van der Waals surface area contributed by atoms with Crippen LogP contribution in [0.15, 0.2) is 59.5 Å². The Hall–Kier alpha value is -2.44. The molecule has 2 aromatic carbocycles. The molecule has 1 aliphatic heterocycles. The van der Waals surface area contributed by atoms with Gasteiger partial charge in [-0.25, -0.2) is 8.42 Å². The second-order valence-corrected chi connectivity index (χ2v) is 8.26. The minimum atomic E-state index is -3.64. The zero-order valence-corrected chi connectivity index (χ0v) is 14.7. The number of hydrogen-bond acceptors (Lipinski definition) is 3. The summed E-state index contributed by atoms with van der Waals surface area (Å²) >= 11 is 0. The average molecular weight is 354 g/mol. The van der Waals surface area contributed by atoms with Crippen LogP contribution in [0.2, 0.25) is 0 Å². The van der Waals surface area contributed by atoms with Crippen molar-refractivity contribution in [1.82, 2.24) is 8.87 Å². The zero-order valence-electron chi connectivity index (χ0n) is 13.8. The first-order valence-corrected chi connectivity index (χ1v) is 9.60. The van der Waals surface area contributed by atoms with E-state index < -0.39 is 10.0 Å². The second-order valence-electron chi connectivity index (χ2n) is 6.33. The molecule has 0 bridgehead atoms. The normalized spacial score (nSPS) is 16.0. The largest absolute Gasteiger partial charge is 0.283 e. The maximum absolute atomic E-state index is 13.0. The number of rotatable bonds is 2. The standard InChI is InChI=1S/C19H18N2O3S/c1-14-6-8-17(9-7-14)25(23,24)20-11-10-19(22)21-16(13-20)12-15-4-2-3-5-18(15)21/h2-9,12H,10-11,13H2,1H3. The van der Waals surface area contributed by atoms with Gasteiger partial charge in [0.25, 0.3) is 0 Å². The molecule has 1 aromatic heterocycles. The number of para-hydroxylation sites is 1. The van der Waals surface area contributed by atoms with Gasteiger partial charge in [-0.1, -0.05) is 35.9 Å². The quantitative estimate of drug-likeness (QED) is 0.710. The van der Waals surface area contributed by atoms with E-state index in [9.17, 15) is 13.2 Å². The number of carbonyl (C=O) groups is 1. The van der Waals surface area contributed by atoms with Gasteiger partial charge in [0.2, 0.25) is 15.9 Å². The number of hydrogen-bond donors (Lipinski definition) is 0. The van der Waals surface area contributed by atoms with E-state index in [1.54, 1.807) is 28.8 Å². The highest BCUT2D eigenvalue weighted by Gasteiger charge is 2.30. The highest BCUT2D eigenvalue weighted by Crippen LogP contribution is 2.27. The summed E-state index contributed by atoms with van der Waals surface area (Å²) in [6.45, 7) is 2.29. The number of fused-ring (bicyclic) bond motifs is 3. The van der Waals surface area contributed by atoms with Gasteiger partial charge < -0.3 is 0 Å². The van der Waals surface area contributed by atoms with Crippen LogP contribution in [0.1, 0.15) is 22.5 Å². The molecule has 0 saturated heterocycles. The molecule has 0 spiro atoms. The zero-order chi connectivity index (χ0) is 17.6. The lowest BCUT2D eigenvalue weighted by Gasteiger charge is -2.19. The van der Waals surface area contributed by atoms with E-state index >= 15 is 0 Å². The smallest absolute Gasteiger partial charge is 0.243 e. The van der Waals surface area contributed by atoms with Crippen LogP contribution in [-0.2, 0) is 16.6 Å². The van der Waals surface area contributed by atoms with E-state index in [0.29, 0.717) is 5.69 Å². The second kappa shape index (κ2) is 5.82. The molecule has 0 fully saturated rings. The van der Waals surface area contributed by atoms with Gasteiger partial charge in [0, 0.05) is 24.0 Å². The van der Waals surface area contributed by atoms with Gasteiger partial charge in [-0.2, -0.15) is 4.31 Å². The Bertz CT molecular complexity index is 1070. The third kappa shape index (κ3) is 2.67. The molecule has 0 radical (unpaired) electrons. The maximum Gasteiger partial charge on any atom is 0.243 e. The van der Waals surface area contributed by atoms with Crippen LogP contribution in [0.5, 0.6) is 0 Å². The third-order valence-electron chi connectivity index (χ3n) is 4.61. The van der Waals surface area contributed by atoms with Gasteiger partial charge in [0.15, 0.2) is 0 Å². The van der Waals surface area contributed by atoms with Gasteiger partial charge >= 0.3 is 0 Å². The minimum absolute atomic E-state index is 0.0715. The molecule has 128 valence electrons. The van der Waals surface area contributed by atoms with Crippen LogP contribution >= 0.6 is 0 Å². The summed E-state index contributed by atoms with van der Waals surface area (Å²) < 4.78 is 29.0. The average Bonchev–Trinajstić information content (AvgIpc) is 2.88. The molecule has 1 aliphatic rings. The lowest BCUT2D eigenvalue weighted by Crippen LogP contribution is -2.31. The minimum Gasteiger partial charge on any atom is -0.283 e. The van der Waals surface area contributed by atoms with E-state index in [1.165, 1.54) is 4.31 Å². The first kappa shape index (κ1) is 16.1. The first-order chi connectivity index (χ1) is 12.0. The fraction of sp³-hybridized carbons (Fsp3) is 0.211. The Labute approximate surface area is 146 Å². The Morgan fingerprint density at radius 2 is 1.72 bits per heavy atom. The molecule has 0 saturated carbocycles. The van der Waals surface area contributed by atoms with Gasteiger partial charge in [-0.3, -0.25) is 9.36 Å². The van der Waals surface area contributed by atoms with E-state index in [2.05, 4.69) is 0 Å². The van der Waals surface area contributed by atoms with Crippen molar-refractivity contribution in [3.63, 3.8) is 0 Å². The lowest BCUT2D eigenvalue weighted by atomic mass is 10.2. The van der Waals surface area contributed by atoms with E-state index in [4.69, 9.17) is 0 Å². The highest BCUT2D eigenvalue weighted by atomic mass is 32.2. The first-order valence-electron chi connectivity index (χ1n) is 8.16. The molecule has 25 heavy (non-hydrogen) atoms. The van der Waals surface area contributed by atoms with Gasteiger partial charge in [-0.05, 0) is 31.2 Å². The van der Waals surface area contributed by atoms with Crippen molar-refractivity contribution < 1.29 is 13.2 Å². The summed E-state index contributed by atoms with van der Waals surface area (Å²) in [7, 11) is -3.64. The monoisotopic (exact) mass is 354 g/mol. The number of carbonyl (C=O) groups excluding carboxylic acids is 1. The summed E-state index contributed by atoms with van der Waals surface area (Å²) in [5.41, 5.74) is 2.54. The molecule has 0 N–H and O–H groups in total. The Morgan fingerprint density at radius 3 is 2.48 bits per heavy atom.